The van der Waals surface area contributed by atoms with Crippen LogP contribution < -0.4 is 11.1 Å². The molecule has 4 heterocycles. The van der Waals surface area contributed by atoms with E-state index >= 15 is 0 Å². The maximum Gasteiger partial charge on any atom is 0.345 e. The quantitative estimate of drug-likeness (QED) is 0.177. The first-order valence-corrected chi connectivity index (χ1v) is 11.3. The fourth-order valence-electron chi connectivity index (χ4n) is 2.97. The van der Waals surface area contributed by atoms with Crippen LogP contribution >= 0.6 is 45.9 Å². The zero-order chi connectivity index (χ0) is 21.4. The van der Waals surface area contributed by atoms with Crippen molar-refractivity contribution in [1.82, 2.24) is 15.2 Å². The van der Waals surface area contributed by atoms with E-state index in [-0.39, 0.29) is 0 Å². The molecule has 0 aliphatic rings. The fourth-order valence-corrected chi connectivity index (χ4v) is 5.10. The average molecular weight is 488 g/mol. The topological polar surface area (TPSA) is 96.2 Å². The number of H-pyrrole nitrogens is 1. The second kappa shape index (κ2) is 8.27. The van der Waals surface area contributed by atoms with Gasteiger partial charge in [0, 0.05) is 21.9 Å². The van der Waals surface area contributed by atoms with Gasteiger partial charge in [0.2, 0.25) is 5.13 Å². The molecule has 2 N–H and O–H groups in total. The highest BCUT2D eigenvalue weighted by Crippen LogP contribution is 2.38. The van der Waals surface area contributed by atoms with Crippen molar-refractivity contribution in [2.75, 3.05) is 5.43 Å². The molecule has 5 rings (SSSR count). The molecule has 0 unspecified atom stereocenters. The summed E-state index contributed by atoms with van der Waals surface area (Å²) in [6, 6.07) is 10.9. The van der Waals surface area contributed by atoms with Crippen LogP contribution in [0.4, 0.5) is 5.13 Å². The molecule has 0 fully saturated rings. The molecule has 5 aromatic rings. The molecular formula is C20H11Cl2N5O2S2. The number of thiophene rings is 1. The number of hydrogen-bond acceptors (Lipinski definition) is 8. The van der Waals surface area contributed by atoms with E-state index in [1.165, 1.54) is 22.7 Å². The number of rotatable bonds is 5. The normalized spacial score (nSPS) is 11.5. The van der Waals surface area contributed by atoms with E-state index in [4.69, 9.17) is 27.6 Å². The molecular weight excluding hydrogens is 477 g/mol. The van der Waals surface area contributed by atoms with Crippen LogP contribution in [0.3, 0.4) is 0 Å². The van der Waals surface area contributed by atoms with Gasteiger partial charge in [0.25, 0.3) is 0 Å². The highest BCUT2D eigenvalue weighted by Gasteiger charge is 2.14. The summed E-state index contributed by atoms with van der Waals surface area (Å²) < 4.78 is 6.53. The Hall–Kier alpha value is -2.98. The standard InChI is InChI=1S/C20H11Cl2N5O2S2/c21-16-6-13(18(22)31-16)17-11(7-23-26-17)8-24-27-20-25-14(9-30-20)12-5-10-3-1-2-4-15(10)29-19(12)28/h1-9H,(H,23,26)(H,25,27)/b24-8+. The Bertz CT molecular complexity index is 1480. The van der Waals surface area contributed by atoms with Crippen molar-refractivity contribution in [1.29, 1.82) is 0 Å². The number of hydrazone groups is 1. The van der Waals surface area contributed by atoms with E-state index in [1.54, 1.807) is 36.0 Å². The molecule has 0 aliphatic heterocycles. The summed E-state index contributed by atoms with van der Waals surface area (Å²) in [4.78, 5) is 16.8. The largest absolute Gasteiger partial charge is 0.422 e. The number of nitrogens with one attached hydrogen (secondary N) is 2. The van der Waals surface area contributed by atoms with Gasteiger partial charge >= 0.3 is 5.63 Å². The van der Waals surface area contributed by atoms with Gasteiger partial charge in [0.1, 0.15) is 9.92 Å². The SMILES string of the molecule is O=c1oc2ccccc2cc1-c1csc(N/N=C/c2cn[nH]c2-c2cc(Cl)sc2Cl)n1. The van der Waals surface area contributed by atoms with Crippen LogP contribution in [-0.4, -0.2) is 21.4 Å². The van der Waals surface area contributed by atoms with E-state index in [0.29, 0.717) is 36.3 Å². The molecule has 154 valence electrons. The number of aromatic nitrogens is 3. The Kier molecular flexibility index (Phi) is 5.33. The second-order valence-electron chi connectivity index (χ2n) is 6.33. The van der Waals surface area contributed by atoms with Crippen molar-refractivity contribution in [2.24, 2.45) is 5.10 Å². The van der Waals surface area contributed by atoms with Gasteiger partial charge < -0.3 is 4.42 Å². The highest BCUT2D eigenvalue weighted by molar-refractivity contribution is 7.20. The first kappa shape index (κ1) is 20.0. The number of anilines is 1. The molecule has 0 amide bonds. The molecule has 0 aliphatic carbocycles. The Morgan fingerprint density at radius 3 is 2.90 bits per heavy atom. The summed E-state index contributed by atoms with van der Waals surface area (Å²) in [6.45, 7) is 0. The molecule has 0 saturated carbocycles. The van der Waals surface area contributed by atoms with Crippen LogP contribution in [0.5, 0.6) is 0 Å². The van der Waals surface area contributed by atoms with E-state index in [1.807, 2.05) is 18.2 Å². The van der Waals surface area contributed by atoms with Crippen LogP contribution in [0.15, 0.2) is 62.3 Å². The Labute approximate surface area is 193 Å². The van der Waals surface area contributed by atoms with Gasteiger partial charge in [-0.1, -0.05) is 41.4 Å². The molecule has 0 spiro atoms. The van der Waals surface area contributed by atoms with E-state index < -0.39 is 5.63 Å². The number of fused-ring (bicyclic) bond motifs is 1. The Morgan fingerprint density at radius 1 is 1.19 bits per heavy atom. The summed E-state index contributed by atoms with van der Waals surface area (Å²) in [5.41, 5.74) is 6.10. The van der Waals surface area contributed by atoms with Crippen molar-refractivity contribution in [3.8, 4) is 22.5 Å². The predicted octanol–water partition coefficient (Wildman–Crippen LogP) is 6.12. The minimum absolute atomic E-state index is 0.396. The number of thiazole rings is 1. The molecule has 31 heavy (non-hydrogen) atoms. The monoisotopic (exact) mass is 487 g/mol. The molecule has 7 nitrogen and oxygen atoms in total. The van der Waals surface area contributed by atoms with Crippen LogP contribution in [0, 0.1) is 0 Å². The minimum Gasteiger partial charge on any atom is -0.422 e. The lowest BCUT2D eigenvalue weighted by atomic mass is 10.1. The van der Waals surface area contributed by atoms with E-state index in [2.05, 4.69) is 25.7 Å². The lowest BCUT2D eigenvalue weighted by Crippen LogP contribution is -2.02. The van der Waals surface area contributed by atoms with Crippen LogP contribution in [0.2, 0.25) is 8.67 Å². The third-order valence-corrected chi connectivity index (χ3v) is 6.61. The number of hydrogen-bond donors (Lipinski definition) is 2. The van der Waals surface area contributed by atoms with Crippen LogP contribution in [-0.2, 0) is 0 Å². The summed E-state index contributed by atoms with van der Waals surface area (Å²) >= 11 is 14.9. The maximum absolute atomic E-state index is 12.3. The van der Waals surface area contributed by atoms with Gasteiger partial charge in [0.15, 0.2) is 0 Å². The van der Waals surface area contributed by atoms with Crippen LogP contribution in [0.1, 0.15) is 5.56 Å². The molecule has 0 saturated heterocycles. The molecule has 1 aromatic carbocycles. The minimum atomic E-state index is -0.437. The Morgan fingerprint density at radius 2 is 2.06 bits per heavy atom. The van der Waals surface area contributed by atoms with Crippen molar-refractivity contribution in [3.63, 3.8) is 0 Å². The number of halogens is 2. The molecule has 0 bridgehead atoms. The lowest BCUT2D eigenvalue weighted by molar-refractivity contribution is 0.563. The first-order valence-electron chi connectivity index (χ1n) is 8.85. The van der Waals surface area contributed by atoms with Crippen LogP contribution in [0.25, 0.3) is 33.5 Å². The zero-order valence-electron chi connectivity index (χ0n) is 15.4. The predicted molar refractivity (Wildman–Crippen MR) is 127 cm³/mol. The van der Waals surface area contributed by atoms with Gasteiger partial charge in [-0.05, 0) is 18.2 Å². The van der Waals surface area contributed by atoms with Crippen molar-refractivity contribution in [2.45, 2.75) is 0 Å². The van der Waals surface area contributed by atoms with Gasteiger partial charge in [-0.15, -0.1) is 22.7 Å². The molecule has 0 atom stereocenters. The van der Waals surface area contributed by atoms with E-state index in [0.717, 1.165) is 16.5 Å². The van der Waals surface area contributed by atoms with E-state index in [9.17, 15) is 4.79 Å². The summed E-state index contributed by atoms with van der Waals surface area (Å²) in [6.07, 6.45) is 3.24. The van der Waals surface area contributed by atoms with Crippen molar-refractivity contribution >= 4 is 68.2 Å². The third-order valence-electron chi connectivity index (χ3n) is 4.38. The average Bonchev–Trinajstić information content (AvgIpc) is 3.48. The lowest BCUT2D eigenvalue weighted by Gasteiger charge is -1.99. The number of benzene rings is 1. The number of aromatic amines is 1. The third kappa shape index (κ3) is 4.00. The van der Waals surface area contributed by atoms with Gasteiger partial charge in [-0.2, -0.15) is 10.2 Å². The van der Waals surface area contributed by atoms with Gasteiger partial charge in [-0.3, -0.25) is 10.5 Å². The molecule has 11 heteroatoms. The molecule has 4 aromatic heterocycles. The van der Waals surface area contributed by atoms with Crippen molar-refractivity contribution < 1.29 is 4.42 Å². The maximum atomic E-state index is 12.3. The van der Waals surface area contributed by atoms with Gasteiger partial charge in [0.05, 0.1) is 33.7 Å². The second-order valence-corrected chi connectivity index (χ2v) is 9.48. The highest BCUT2D eigenvalue weighted by atomic mass is 35.5. The number of para-hydroxylation sites is 1. The smallest absolute Gasteiger partial charge is 0.345 e. The van der Waals surface area contributed by atoms with Gasteiger partial charge in [-0.25, -0.2) is 9.78 Å². The molecule has 0 radical (unpaired) electrons. The fraction of sp³-hybridized carbons (Fsp3) is 0. The summed E-state index contributed by atoms with van der Waals surface area (Å²) in [7, 11) is 0. The summed E-state index contributed by atoms with van der Waals surface area (Å²) in [5, 5.41) is 14.3. The zero-order valence-corrected chi connectivity index (χ0v) is 18.6. The number of nitrogens with zero attached hydrogens (tertiary/aromatic N) is 3. The summed E-state index contributed by atoms with van der Waals surface area (Å²) in [5.74, 6) is 0. The van der Waals surface area contributed by atoms with Crippen molar-refractivity contribution in [3.05, 3.63) is 72.6 Å². The Balaban J connectivity index is 1.36. The first-order chi connectivity index (χ1) is 15.1.